The fourth-order valence-corrected chi connectivity index (χ4v) is 1.80. The maximum absolute atomic E-state index is 10.1. The molecule has 0 aliphatic heterocycles. The van der Waals surface area contributed by atoms with Gasteiger partial charge in [0.15, 0.2) is 0 Å². The zero-order chi connectivity index (χ0) is 22.6. The van der Waals surface area contributed by atoms with Gasteiger partial charge < -0.3 is 22.3 Å². The van der Waals surface area contributed by atoms with Gasteiger partial charge >= 0.3 is 5.97 Å². The van der Waals surface area contributed by atoms with Crippen molar-refractivity contribution >= 4 is 28.7 Å². The number of carboxylic acid groups (broad SMARTS) is 1. The molecule has 0 saturated heterocycles. The fraction of sp³-hybridized carbons (Fsp3) is 0.278. The van der Waals surface area contributed by atoms with E-state index in [1.165, 1.54) is 48.5 Å². The van der Waals surface area contributed by atoms with Crippen molar-refractivity contribution in [2.75, 3.05) is 11.5 Å². The molecule has 0 radical (unpaired) electrons. The number of carbonyl (C=O) groups is 1. The van der Waals surface area contributed by atoms with E-state index >= 15 is 0 Å². The van der Waals surface area contributed by atoms with Crippen molar-refractivity contribution in [2.45, 2.75) is 26.3 Å². The van der Waals surface area contributed by atoms with Gasteiger partial charge in [-0.05, 0) is 36.6 Å². The van der Waals surface area contributed by atoms with Crippen LogP contribution in [0, 0.1) is 26.1 Å². The Labute approximate surface area is 167 Å². The zero-order valence-electron chi connectivity index (χ0n) is 16.1. The van der Waals surface area contributed by atoms with Gasteiger partial charge in [-0.3, -0.25) is 25.0 Å². The summed E-state index contributed by atoms with van der Waals surface area (Å²) >= 11 is 0. The van der Waals surface area contributed by atoms with Crippen LogP contribution in [0.2, 0.25) is 0 Å². The Bertz CT molecular complexity index is 738. The van der Waals surface area contributed by atoms with E-state index in [9.17, 15) is 25.0 Å². The number of nitro groups is 2. The lowest BCUT2D eigenvalue weighted by Crippen LogP contribution is -2.31. The van der Waals surface area contributed by atoms with Crippen LogP contribution >= 0.6 is 0 Å². The second-order valence-corrected chi connectivity index (χ2v) is 6.27. The SMILES string of the molecule is CC(C)C[C@H](N)C(=O)O.Nc1ccc([N+](=O)[O-])cc1.Nc1ccc([N+](=O)[O-])cc1. The number of nitrogens with two attached hydrogens (primary N) is 3. The summed E-state index contributed by atoms with van der Waals surface area (Å²) in [5, 5.41) is 28.5. The minimum atomic E-state index is -0.913. The van der Waals surface area contributed by atoms with Crippen molar-refractivity contribution in [3.63, 3.8) is 0 Å². The molecule has 0 saturated carbocycles. The van der Waals surface area contributed by atoms with Crippen LogP contribution in [-0.2, 0) is 4.79 Å². The summed E-state index contributed by atoms with van der Waals surface area (Å²) in [6.07, 6.45) is 0.551. The highest BCUT2D eigenvalue weighted by Gasteiger charge is 2.11. The number of carboxylic acids is 1. The summed E-state index contributed by atoms with van der Waals surface area (Å²) < 4.78 is 0. The Hall–Kier alpha value is -3.73. The van der Waals surface area contributed by atoms with E-state index in [2.05, 4.69) is 0 Å². The molecular weight excluding hydrogens is 382 g/mol. The summed E-state index contributed by atoms with van der Waals surface area (Å²) in [6.45, 7) is 3.89. The van der Waals surface area contributed by atoms with Crippen LogP contribution in [0.5, 0.6) is 0 Å². The molecule has 1 atom stereocenters. The smallest absolute Gasteiger partial charge is 0.320 e. The first-order valence-corrected chi connectivity index (χ1v) is 8.42. The van der Waals surface area contributed by atoms with Crippen LogP contribution in [0.1, 0.15) is 20.3 Å². The van der Waals surface area contributed by atoms with E-state index in [0.29, 0.717) is 23.7 Å². The van der Waals surface area contributed by atoms with Crippen LogP contribution in [-0.4, -0.2) is 27.0 Å². The summed E-state index contributed by atoms with van der Waals surface area (Å²) in [5.41, 5.74) is 17.0. The fourth-order valence-electron chi connectivity index (χ4n) is 1.80. The second kappa shape index (κ2) is 12.6. The number of nitrogens with zero attached hydrogens (tertiary/aromatic N) is 2. The van der Waals surface area contributed by atoms with Crippen LogP contribution < -0.4 is 17.2 Å². The number of aliphatic carboxylic acids is 1. The third-order valence-corrected chi connectivity index (χ3v) is 3.25. The zero-order valence-corrected chi connectivity index (χ0v) is 16.1. The minimum absolute atomic E-state index is 0.0641. The van der Waals surface area contributed by atoms with Crippen LogP contribution in [0.15, 0.2) is 48.5 Å². The molecule has 0 amide bonds. The van der Waals surface area contributed by atoms with Crippen molar-refractivity contribution < 1.29 is 19.7 Å². The molecule has 0 fully saturated rings. The van der Waals surface area contributed by atoms with Crippen molar-refractivity contribution in [3.8, 4) is 0 Å². The number of nitro benzene ring substituents is 2. The number of hydrogen-bond acceptors (Lipinski definition) is 8. The van der Waals surface area contributed by atoms with Crippen LogP contribution in [0.3, 0.4) is 0 Å². The summed E-state index contributed by atoms with van der Waals surface area (Å²) in [7, 11) is 0. The molecule has 0 spiro atoms. The van der Waals surface area contributed by atoms with Gasteiger partial charge in [0.2, 0.25) is 0 Å². The van der Waals surface area contributed by atoms with Gasteiger partial charge in [0.25, 0.3) is 11.4 Å². The maximum Gasteiger partial charge on any atom is 0.320 e. The monoisotopic (exact) mass is 407 g/mol. The molecule has 0 aromatic heterocycles. The molecule has 0 bridgehead atoms. The number of hydrogen-bond donors (Lipinski definition) is 4. The van der Waals surface area contributed by atoms with Gasteiger partial charge in [-0.1, -0.05) is 13.8 Å². The van der Waals surface area contributed by atoms with Crippen molar-refractivity contribution in [1.82, 2.24) is 0 Å². The number of benzene rings is 2. The van der Waals surface area contributed by atoms with E-state index in [0.717, 1.165) is 0 Å². The van der Waals surface area contributed by atoms with E-state index in [1.54, 1.807) is 0 Å². The van der Waals surface area contributed by atoms with E-state index in [4.69, 9.17) is 22.3 Å². The molecule has 158 valence electrons. The number of anilines is 2. The Morgan fingerprint density at radius 2 is 1.21 bits per heavy atom. The van der Waals surface area contributed by atoms with E-state index < -0.39 is 21.9 Å². The van der Waals surface area contributed by atoms with Gasteiger partial charge in [0, 0.05) is 35.6 Å². The Kier molecular flexibility index (Phi) is 11.0. The highest BCUT2D eigenvalue weighted by atomic mass is 16.6. The standard InChI is InChI=1S/2C6H6N2O2.C6H13NO2/c2*7-5-1-3-6(4-2-5)8(9)10;1-4(2)3-5(7)6(8)9/h2*1-4H,7H2;4-5H,3,7H2,1-2H3,(H,8,9)/t;;5-/m..0/s1. The topological polar surface area (TPSA) is 202 Å². The lowest BCUT2D eigenvalue weighted by molar-refractivity contribution is -0.385. The highest BCUT2D eigenvalue weighted by Crippen LogP contribution is 2.12. The molecule has 0 heterocycles. The third-order valence-electron chi connectivity index (χ3n) is 3.25. The first-order valence-electron chi connectivity index (χ1n) is 8.42. The molecule has 0 unspecified atom stereocenters. The third kappa shape index (κ3) is 11.6. The summed E-state index contributed by atoms with van der Waals surface area (Å²) in [5.74, 6) is -0.556. The summed E-state index contributed by atoms with van der Waals surface area (Å²) in [4.78, 5) is 29.3. The van der Waals surface area contributed by atoms with Crippen molar-refractivity contribution in [3.05, 3.63) is 68.8 Å². The van der Waals surface area contributed by atoms with Gasteiger partial charge in [-0.25, -0.2) is 0 Å². The van der Waals surface area contributed by atoms with E-state index in [1.807, 2.05) is 13.8 Å². The lowest BCUT2D eigenvalue weighted by Gasteiger charge is -2.07. The molecule has 29 heavy (non-hydrogen) atoms. The first-order chi connectivity index (χ1) is 13.4. The van der Waals surface area contributed by atoms with Gasteiger partial charge in [0.05, 0.1) is 9.85 Å². The molecule has 2 rings (SSSR count). The van der Waals surface area contributed by atoms with Gasteiger partial charge in [-0.15, -0.1) is 0 Å². The Morgan fingerprint density at radius 1 is 0.897 bits per heavy atom. The average molecular weight is 407 g/mol. The Morgan fingerprint density at radius 3 is 1.38 bits per heavy atom. The Balaban J connectivity index is 0.000000407. The molecule has 2 aromatic rings. The maximum atomic E-state index is 10.1. The lowest BCUT2D eigenvalue weighted by atomic mass is 10.1. The molecule has 0 aliphatic carbocycles. The van der Waals surface area contributed by atoms with E-state index in [-0.39, 0.29) is 11.4 Å². The highest BCUT2D eigenvalue weighted by molar-refractivity contribution is 5.72. The molecule has 11 heteroatoms. The number of non-ortho nitro benzene ring substituents is 2. The number of rotatable bonds is 5. The molecular formula is C18H25N5O6. The average Bonchev–Trinajstić information content (AvgIpc) is 2.63. The van der Waals surface area contributed by atoms with Crippen LogP contribution in [0.25, 0.3) is 0 Å². The summed E-state index contributed by atoms with van der Waals surface area (Å²) in [6, 6.07) is 10.8. The van der Waals surface area contributed by atoms with Gasteiger partial charge in [0.1, 0.15) is 6.04 Å². The predicted molar refractivity (Wildman–Crippen MR) is 110 cm³/mol. The molecule has 7 N–H and O–H groups in total. The van der Waals surface area contributed by atoms with Gasteiger partial charge in [-0.2, -0.15) is 0 Å². The minimum Gasteiger partial charge on any atom is -0.480 e. The second-order valence-electron chi connectivity index (χ2n) is 6.27. The van der Waals surface area contributed by atoms with Crippen molar-refractivity contribution in [1.29, 1.82) is 0 Å². The molecule has 0 aliphatic rings. The van der Waals surface area contributed by atoms with Crippen LogP contribution in [0.4, 0.5) is 22.7 Å². The molecule has 11 nitrogen and oxygen atoms in total. The molecule has 2 aromatic carbocycles. The predicted octanol–water partition coefficient (Wildman–Crippen LogP) is 2.80. The normalized spacial score (nSPS) is 10.6. The largest absolute Gasteiger partial charge is 0.480 e. The first kappa shape index (κ1) is 25.3. The quantitative estimate of drug-likeness (QED) is 0.326. The number of nitrogen functional groups attached to an aromatic ring is 2. The van der Waals surface area contributed by atoms with Crippen molar-refractivity contribution in [2.24, 2.45) is 11.7 Å².